The average Bonchev–Trinajstić information content (AvgIpc) is 2.37. The Kier molecular flexibility index (Phi) is 5.47. The number of ketones is 1. The fraction of sp³-hybridized carbons (Fsp3) is 0.125. The smallest absolute Gasteiger partial charge is 0.276 e. The van der Waals surface area contributed by atoms with Crippen molar-refractivity contribution in [1.29, 1.82) is 0 Å². The van der Waals surface area contributed by atoms with Crippen molar-refractivity contribution in [2.75, 3.05) is 5.73 Å². The van der Waals surface area contributed by atoms with Crippen LogP contribution in [-0.4, -0.2) is 5.78 Å². The molecule has 0 aliphatic carbocycles. The van der Waals surface area contributed by atoms with Crippen LogP contribution in [-0.2, 0) is 0 Å². The summed E-state index contributed by atoms with van der Waals surface area (Å²) >= 11 is 0. The number of hydrogen-bond donors (Lipinski definition) is 1. The van der Waals surface area contributed by atoms with Gasteiger partial charge in [-0.2, -0.15) is 0 Å². The summed E-state index contributed by atoms with van der Waals surface area (Å²) in [5, 5.41) is 0. The van der Waals surface area contributed by atoms with Gasteiger partial charge in [0.2, 0.25) is 0 Å². The lowest BCUT2D eigenvalue weighted by atomic mass is 10.0. The van der Waals surface area contributed by atoms with Gasteiger partial charge in [-0.15, -0.1) is 0 Å². The van der Waals surface area contributed by atoms with Crippen molar-refractivity contribution in [3.05, 3.63) is 65.4 Å². The second-order valence-electron chi connectivity index (χ2n) is 4.53. The lowest BCUT2D eigenvalue weighted by Crippen LogP contribution is -3.00. The number of carbonyl (C=O) groups is 1. The maximum atomic E-state index is 12.1. The Morgan fingerprint density at radius 2 is 1.95 bits per heavy atom. The summed E-state index contributed by atoms with van der Waals surface area (Å²) in [4.78, 5) is 12.1. The summed E-state index contributed by atoms with van der Waals surface area (Å²) in [5.41, 5.74) is 8.65. The van der Waals surface area contributed by atoms with Gasteiger partial charge in [0, 0.05) is 17.7 Å². The molecule has 0 fully saturated rings. The van der Waals surface area contributed by atoms with Gasteiger partial charge in [-0.05, 0) is 25.5 Å². The van der Waals surface area contributed by atoms with E-state index in [4.69, 9.17) is 5.73 Å². The second-order valence-corrected chi connectivity index (χ2v) is 4.53. The van der Waals surface area contributed by atoms with E-state index in [1.165, 1.54) is 6.08 Å². The maximum Gasteiger partial charge on any atom is 0.276 e. The van der Waals surface area contributed by atoms with E-state index in [9.17, 15) is 4.79 Å². The predicted octanol–water partition coefficient (Wildman–Crippen LogP) is -0.469. The molecule has 1 aromatic heterocycles. The molecule has 3 nitrogen and oxygen atoms in total. The third-order valence-electron chi connectivity index (χ3n) is 2.96. The lowest BCUT2D eigenvalue weighted by Gasteiger charge is -2.02. The normalized spacial score (nSPS) is 10.3. The number of nitrogens with zero attached hydrogens (tertiary/aromatic N) is 1. The van der Waals surface area contributed by atoms with E-state index in [1.54, 1.807) is 23.0 Å². The van der Waals surface area contributed by atoms with Crippen molar-refractivity contribution in [2.24, 2.45) is 0 Å². The Balaban J connectivity index is 0.00000200. The Bertz CT molecular complexity index is 651. The molecule has 0 aliphatic heterocycles. The summed E-state index contributed by atoms with van der Waals surface area (Å²) < 4.78 is 1.71. The highest BCUT2D eigenvalue weighted by molar-refractivity contribution is 6.06. The monoisotopic (exact) mass is 288 g/mol. The van der Waals surface area contributed by atoms with E-state index < -0.39 is 0 Å². The Morgan fingerprint density at radius 1 is 1.20 bits per heavy atom. The largest absolute Gasteiger partial charge is 1.00 e. The van der Waals surface area contributed by atoms with Crippen LogP contribution in [0.3, 0.4) is 0 Å². The van der Waals surface area contributed by atoms with Crippen LogP contribution in [0.2, 0.25) is 0 Å². The van der Waals surface area contributed by atoms with Crippen molar-refractivity contribution < 1.29 is 21.8 Å². The highest BCUT2D eigenvalue weighted by atomic mass is 35.5. The van der Waals surface area contributed by atoms with Gasteiger partial charge in [-0.3, -0.25) is 10.5 Å². The summed E-state index contributed by atoms with van der Waals surface area (Å²) in [6, 6.07) is 11.3. The van der Waals surface area contributed by atoms with Gasteiger partial charge in [0.05, 0.1) is 12.4 Å². The Labute approximate surface area is 125 Å². The number of aryl methyl sites for hydroxylation is 2. The molecule has 2 rings (SSSR count). The van der Waals surface area contributed by atoms with Gasteiger partial charge in [0.1, 0.15) is 0 Å². The van der Waals surface area contributed by atoms with Gasteiger partial charge in [0.25, 0.3) is 5.82 Å². The molecule has 20 heavy (non-hydrogen) atoms. The number of halogens is 1. The highest BCUT2D eigenvalue weighted by Crippen LogP contribution is 2.11. The molecule has 0 radical (unpaired) electrons. The fourth-order valence-corrected chi connectivity index (χ4v) is 1.93. The van der Waals surface area contributed by atoms with Gasteiger partial charge in [-0.25, -0.2) is 4.57 Å². The molecule has 0 bridgehead atoms. The first kappa shape index (κ1) is 15.9. The van der Waals surface area contributed by atoms with Crippen LogP contribution < -0.4 is 22.7 Å². The fourth-order valence-electron chi connectivity index (χ4n) is 1.93. The number of carbonyl (C=O) groups excluding carboxylic acids is 1. The summed E-state index contributed by atoms with van der Waals surface area (Å²) in [6.45, 7) is 3.95. The Morgan fingerprint density at radius 3 is 2.60 bits per heavy atom. The number of allylic oxidation sites excluding steroid dienone is 1. The van der Waals surface area contributed by atoms with Crippen LogP contribution in [0.15, 0.2) is 48.7 Å². The SMILES string of the molecule is Cc1ccc(C(=O)/C=C/[n+]2ccccc2N)c(C)c1.[Cl-]. The van der Waals surface area contributed by atoms with E-state index >= 15 is 0 Å². The zero-order chi connectivity index (χ0) is 13.8. The third-order valence-corrected chi connectivity index (χ3v) is 2.96. The van der Waals surface area contributed by atoms with Crippen molar-refractivity contribution in [2.45, 2.75) is 13.8 Å². The van der Waals surface area contributed by atoms with E-state index in [2.05, 4.69) is 0 Å². The highest BCUT2D eigenvalue weighted by Gasteiger charge is 2.06. The van der Waals surface area contributed by atoms with Gasteiger partial charge in [-0.1, -0.05) is 29.8 Å². The van der Waals surface area contributed by atoms with Crippen LogP contribution >= 0.6 is 0 Å². The molecule has 0 saturated heterocycles. The zero-order valence-electron chi connectivity index (χ0n) is 11.5. The third kappa shape index (κ3) is 3.68. The van der Waals surface area contributed by atoms with E-state index in [1.807, 2.05) is 44.2 Å². The molecule has 0 atom stereocenters. The molecule has 1 heterocycles. The molecule has 0 amide bonds. The minimum Gasteiger partial charge on any atom is -1.00 e. The summed E-state index contributed by atoms with van der Waals surface area (Å²) in [6.07, 6.45) is 5.02. The minimum absolute atomic E-state index is 0. The van der Waals surface area contributed by atoms with Gasteiger partial charge >= 0.3 is 0 Å². The number of rotatable bonds is 3. The number of aromatic nitrogens is 1. The molecular weight excluding hydrogens is 272 g/mol. The number of nitrogen functional groups attached to an aromatic ring is 1. The van der Waals surface area contributed by atoms with Gasteiger partial charge in [0.15, 0.2) is 5.78 Å². The summed E-state index contributed by atoms with van der Waals surface area (Å²) in [5.74, 6) is 0.570. The first-order valence-corrected chi connectivity index (χ1v) is 6.13. The number of anilines is 1. The van der Waals surface area contributed by atoms with E-state index in [0.29, 0.717) is 5.82 Å². The zero-order valence-corrected chi connectivity index (χ0v) is 12.3. The van der Waals surface area contributed by atoms with Crippen LogP contribution in [0.4, 0.5) is 5.82 Å². The molecule has 0 aliphatic rings. The average molecular weight is 289 g/mol. The van der Waals surface area contributed by atoms with Crippen molar-refractivity contribution in [3.8, 4) is 0 Å². The quantitative estimate of drug-likeness (QED) is 0.472. The first-order valence-electron chi connectivity index (χ1n) is 6.13. The molecule has 0 saturated carbocycles. The second kappa shape index (κ2) is 6.87. The first-order chi connectivity index (χ1) is 9.08. The summed E-state index contributed by atoms with van der Waals surface area (Å²) in [7, 11) is 0. The van der Waals surface area contributed by atoms with Crippen LogP contribution in [0.1, 0.15) is 21.5 Å². The molecule has 2 aromatic rings. The van der Waals surface area contributed by atoms with Crippen molar-refractivity contribution >= 4 is 17.8 Å². The number of hydrogen-bond acceptors (Lipinski definition) is 2. The standard InChI is InChI=1S/C16H16N2O.ClH/c1-12-6-7-14(13(2)11-12)15(19)8-10-18-9-4-3-5-16(18)17;/h3-11,17H,1-2H3;1H/b10-8+;. The van der Waals surface area contributed by atoms with Crippen LogP contribution in [0.25, 0.3) is 6.20 Å². The lowest BCUT2D eigenvalue weighted by molar-refractivity contribution is -0.552. The molecule has 1 aromatic carbocycles. The molecule has 2 N–H and O–H groups in total. The predicted molar refractivity (Wildman–Crippen MR) is 76.6 cm³/mol. The van der Waals surface area contributed by atoms with Crippen LogP contribution in [0.5, 0.6) is 0 Å². The van der Waals surface area contributed by atoms with Gasteiger partial charge < -0.3 is 12.4 Å². The number of pyridine rings is 1. The molecule has 0 spiro atoms. The molecule has 0 unspecified atom stereocenters. The Hall–Kier alpha value is -2.13. The number of benzene rings is 1. The number of nitrogens with two attached hydrogens (primary N) is 1. The molecule has 4 heteroatoms. The molecule has 104 valence electrons. The van der Waals surface area contributed by atoms with Crippen LogP contribution in [0, 0.1) is 13.8 Å². The van der Waals surface area contributed by atoms with Crippen molar-refractivity contribution in [3.63, 3.8) is 0 Å². The van der Waals surface area contributed by atoms with Crippen molar-refractivity contribution in [1.82, 2.24) is 0 Å². The molecular formula is C16H17ClN2O. The minimum atomic E-state index is -0.0201. The topological polar surface area (TPSA) is 47.0 Å². The van der Waals surface area contributed by atoms with E-state index in [-0.39, 0.29) is 18.2 Å². The van der Waals surface area contributed by atoms with E-state index in [0.717, 1.165) is 16.7 Å². The maximum absolute atomic E-state index is 12.1.